The van der Waals surface area contributed by atoms with Crippen molar-refractivity contribution in [2.45, 2.75) is 11.4 Å². The molecule has 108 valence electrons. The highest BCUT2D eigenvalue weighted by molar-refractivity contribution is 9.10. The van der Waals surface area contributed by atoms with E-state index in [1.807, 2.05) is 0 Å². The van der Waals surface area contributed by atoms with Crippen LogP contribution < -0.4 is 10.5 Å². The van der Waals surface area contributed by atoms with Crippen LogP contribution in [0.1, 0.15) is 5.76 Å². The lowest BCUT2D eigenvalue weighted by atomic mass is 10.3. The van der Waals surface area contributed by atoms with Gasteiger partial charge < -0.3 is 10.2 Å². The summed E-state index contributed by atoms with van der Waals surface area (Å²) < 4.78 is 45.7. The van der Waals surface area contributed by atoms with Gasteiger partial charge in [0.15, 0.2) is 4.67 Å². The fraction of sp³-hybridized carbons (Fsp3) is 0.0909. The fourth-order valence-electron chi connectivity index (χ4n) is 1.47. The van der Waals surface area contributed by atoms with Gasteiger partial charge in [-0.3, -0.25) is 4.72 Å². The largest absolute Gasteiger partial charge is 0.452 e. The number of sulfonamides is 1. The number of nitrogens with two attached hydrogens (primary N) is 1. The Bertz CT molecular complexity index is 726. The summed E-state index contributed by atoms with van der Waals surface area (Å²) in [5.41, 5.74) is 5.21. The number of halogens is 3. The quantitative estimate of drug-likeness (QED) is 0.784. The van der Waals surface area contributed by atoms with Gasteiger partial charge in [0.25, 0.3) is 10.0 Å². The molecule has 9 heteroatoms. The summed E-state index contributed by atoms with van der Waals surface area (Å²) in [4.78, 5) is -0.145. The van der Waals surface area contributed by atoms with Gasteiger partial charge in [-0.15, -0.1) is 0 Å². The van der Waals surface area contributed by atoms with Crippen LogP contribution >= 0.6 is 31.9 Å². The van der Waals surface area contributed by atoms with E-state index >= 15 is 0 Å². The molecule has 0 aliphatic heterocycles. The molecule has 0 bridgehead atoms. The third-order valence-electron chi connectivity index (χ3n) is 2.40. The molecule has 0 unspecified atom stereocenters. The van der Waals surface area contributed by atoms with Gasteiger partial charge in [-0.1, -0.05) is 6.07 Å². The standard InChI is InChI=1S/C11H9Br2FN2O3S/c12-7-2-1-3-8(14)10(7)16-20(17,18)9-4-6(5-15)19-11(9)13/h1-4,16H,5,15H2. The number of furan rings is 1. The number of hydrogen-bond acceptors (Lipinski definition) is 4. The molecule has 0 aliphatic carbocycles. The van der Waals surface area contributed by atoms with Crippen LogP contribution in [-0.2, 0) is 16.6 Å². The summed E-state index contributed by atoms with van der Waals surface area (Å²) in [5.74, 6) is -0.397. The van der Waals surface area contributed by atoms with Gasteiger partial charge >= 0.3 is 0 Å². The molecule has 20 heavy (non-hydrogen) atoms. The second-order valence-corrected chi connectivity index (χ2v) is 6.98. The van der Waals surface area contributed by atoms with Crippen molar-refractivity contribution in [2.24, 2.45) is 5.73 Å². The molecule has 0 aliphatic rings. The van der Waals surface area contributed by atoms with Crippen molar-refractivity contribution >= 4 is 47.6 Å². The molecule has 2 aromatic rings. The van der Waals surface area contributed by atoms with E-state index < -0.39 is 15.8 Å². The predicted octanol–water partition coefficient (Wildman–Crippen LogP) is 3.20. The van der Waals surface area contributed by atoms with Crippen LogP contribution in [0.15, 0.2) is 42.7 Å². The topological polar surface area (TPSA) is 85.3 Å². The van der Waals surface area contributed by atoms with Gasteiger partial charge in [-0.25, -0.2) is 12.8 Å². The molecule has 0 amide bonds. The lowest BCUT2D eigenvalue weighted by Crippen LogP contribution is -2.14. The van der Waals surface area contributed by atoms with E-state index in [9.17, 15) is 12.8 Å². The maximum absolute atomic E-state index is 13.7. The number of para-hydroxylation sites is 1. The third-order valence-corrected chi connectivity index (χ3v) is 5.26. The Labute approximate surface area is 131 Å². The van der Waals surface area contributed by atoms with Gasteiger partial charge in [-0.05, 0) is 44.0 Å². The van der Waals surface area contributed by atoms with Crippen molar-refractivity contribution < 1.29 is 17.2 Å². The molecule has 5 nitrogen and oxygen atoms in total. The summed E-state index contributed by atoms with van der Waals surface area (Å²) >= 11 is 6.08. The lowest BCUT2D eigenvalue weighted by molar-refractivity contribution is 0.484. The monoisotopic (exact) mass is 426 g/mol. The van der Waals surface area contributed by atoms with Crippen LogP contribution in [0.5, 0.6) is 0 Å². The first-order valence-electron chi connectivity index (χ1n) is 5.30. The van der Waals surface area contributed by atoms with E-state index in [2.05, 4.69) is 36.6 Å². The minimum Gasteiger partial charge on any atom is -0.452 e. The molecule has 2 rings (SSSR count). The number of anilines is 1. The minimum absolute atomic E-state index is 0.0120. The van der Waals surface area contributed by atoms with Crippen molar-refractivity contribution in [2.75, 3.05) is 4.72 Å². The van der Waals surface area contributed by atoms with Crippen LogP contribution in [0, 0.1) is 5.82 Å². The zero-order chi connectivity index (χ0) is 14.9. The number of nitrogens with one attached hydrogen (secondary N) is 1. The zero-order valence-electron chi connectivity index (χ0n) is 9.86. The SMILES string of the molecule is NCc1cc(S(=O)(=O)Nc2c(F)cccc2Br)c(Br)o1. The van der Waals surface area contributed by atoms with E-state index in [4.69, 9.17) is 10.2 Å². The van der Waals surface area contributed by atoms with Crippen LogP contribution in [-0.4, -0.2) is 8.42 Å². The van der Waals surface area contributed by atoms with Gasteiger partial charge in [0.2, 0.25) is 0 Å². The molecule has 0 saturated heterocycles. The summed E-state index contributed by atoms with van der Waals surface area (Å²) in [6.07, 6.45) is 0. The van der Waals surface area contributed by atoms with E-state index in [-0.39, 0.29) is 21.8 Å². The molecule has 0 atom stereocenters. The Hall–Kier alpha value is -0.900. The van der Waals surface area contributed by atoms with Crippen molar-refractivity contribution in [1.82, 2.24) is 0 Å². The van der Waals surface area contributed by atoms with E-state index in [0.29, 0.717) is 10.2 Å². The number of rotatable bonds is 4. The van der Waals surface area contributed by atoms with Gasteiger partial charge in [0.1, 0.15) is 16.5 Å². The summed E-state index contributed by atoms with van der Waals surface area (Å²) in [6.45, 7) is 0.0531. The highest BCUT2D eigenvalue weighted by Crippen LogP contribution is 2.31. The van der Waals surface area contributed by atoms with Crippen LogP contribution in [0.2, 0.25) is 0 Å². The van der Waals surface area contributed by atoms with Crippen molar-refractivity contribution in [3.63, 3.8) is 0 Å². The molecule has 1 aromatic carbocycles. The Kier molecular flexibility index (Phi) is 4.52. The van der Waals surface area contributed by atoms with Crippen molar-refractivity contribution in [3.05, 3.63) is 45.0 Å². The molecule has 3 N–H and O–H groups in total. The van der Waals surface area contributed by atoms with E-state index in [0.717, 1.165) is 6.07 Å². The Morgan fingerprint density at radius 3 is 2.60 bits per heavy atom. The van der Waals surface area contributed by atoms with Gasteiger partial charge in [0.05, 0.1) is 12.2 Å². The Morgan fingerprint density at radius 2 is 2.05 bits per heavy atom. The van der Waals surface area contributed by atoms with E-state index in [1.54, 1.807) is 0 Å². The maximum Gasteiger partial charge on any atom is 0.266 e. The molecular formula is C11H9Br2FN2O3S. The summed E-state index contributed by atoms with van der Waals surface area (Å²) in [6, 6.07) is 5.41. The molecule has 0 saturated carbocycles. The molecule has 0 spiro atoms. The summed E-state index contributed by atoms with van der Waals surface area (Å²) in [7, 11) is -3.99. The van der Waals surface area contributed by atoms with Crippen LogP contribution in [0.25, 0.3) is 0 Å². The Morgan fingerprint density at radius 1 is 1.35 bits per heavy atom. The molecule has 1 heterocycles. The fourth-order valence-corrected chi connectivity index (χ4v) is 4.13. The molecule has 0 fully saturated rings. The average molecular weight is 428 g/mol. The first-order chi connectivity index (χ1) is 9.35. The third kappa shape index (κ3) is 3.05. The van der Waals surface area contributed by atoms with E-state index in [1.165, 1.54) is 18.2 Å². The number of benzene rings is 1. The second-order valence-electron chi connectivity index (χ2n) is 3.76. The molecular weight excluding hydrogens is 419 g/mol. The van der Waals surface area contributed by atoms with Gasteiger partial charge in [-0.2, -0.15) is 0 Å². The zero-order valence-corrected chi connectivity index (χ0v) is 13.8. The summed E-state index contributed by atoms with van der Waals surface area (Å²) in [5, 5.41) is 0. The lowest BCUT2D eigenvalue weighted by Gasteiger charge is -2.09. The average Bonchev–Trinajstić information content (AvgIpc) is 2.76. The van der Waals surface area contributed by atoms with Crippen LogP contribution in [0.4, 0.5) is 10.1 Å². The molecule has 1 aromatic heterocycles. The number of hydrogen-bond donors (Lipinski definition) is 2. The minimum atomic E-state index is -3.99. The van der Waals surface area contributed by atoms with Gasteiger partial charge in [0, 0.05) is 10.5 Å². The molecule has 0 radical (unpaired) electrons. The maximum atomic E-state index is 13.7. The van der Waals surface area contributed by atoms with Crippen molar-refractivity contribution in [3.8, 4) is 0 Å². The first kappa shape index (κ1) is 15.5. The van der Waals surface area contributed by atoms with Crippen molar-refractivity contribution in [1.29, 1.82) is 0 Å². The normalized spacial score (nSPS) is 11.6. The highest BCUT2D eigenvalue weighted by Gasteiger charge is 2.24. The predicted molar refractivity (Wildman–Crippen MR) is 79.2 cm³/mol. The first-order valence-corrected chi connectivity index (χ1v) is 8.37. The highest BCUT2D eigenvalue weighted by atomic mass is 79.9. The van der Waals surface area contributed by atoms with Crippen LogP contribution in [0.3, 0.4) is 0 Å². The second kappa shape index (κ2) is 5.84. The Balaban J connectivity index is 2.43. The smallest absolute Gasteiger partial charge is 0.266 e.